The Bertz CT molecular complexity index is 992. The lowest BCUT2D eigenvalue weighted by molar-refractivity contribution is 0.102. The number of nitrogens with one attached hydrogen (secondary N) is 1. The van der Waals surface area contributed by atoms with Gasteiger partial charge in [-0.2, -0.15) is 0 Å². The molecule has 2 aromatic heterocycles. The molecule has 4 heteroatoms. The normalized spacial score (nSPS) is 10.7. The van der Waals surface area contributed by atoms with Crippen LogP contribution in [0.3, 0.4) is 0 Å². The minimum Gasteiger partial charge on any atom is -0.463 e. The van der Waals surface area contributed by atoms with E-state index in [2.05, 4.69) is 10.3 Å². The lowest BCUT2D eigenvalue weighted by Gasteiger charge is -2.05. The Hall–Kier alpha value is -3.40. The van der Waals surface area contributed by atoms with E-state index in [0.29, 0.717) is 11.1 Å². The van der Waals surface area contributed by atoms with Crippen molar-refractivity contribution in [2.24, 2.45) is 0 Å². The number of nitrogens with zero attached hydrogens (tertiary/aromatic N) is 1. The molecule has 116 valence electrons. The Morgan fingerprint density at radius 3 is 2.62 bits per heavy atom. The number of hydrogen-bond acceptors (Lipinski definition) is 3. The zero-order valence-electron chi connectivity index (χ0n) is 12.8. The van der Waals surface area contributed by atoms with Crippen LogP contribution in [0, 0.1) is 0 Å². The van der Waals surface area contributed by atoms with E-state index < -0.39 is 0 Å². The van der Waals surface area contributed by atoms with Gasteiger partial charge in [-0.05, 0) is 24.3 Å². The summed E-state index contributed by atoms with van der Waals surface area (Å²) >= 11 is 0. The summed E-state index contributed by atoms with van der Waals surface area (Å²) in [5.74, 6) is -0.195. The second kappa shape index (κ2) is 6.01. The van der Waals surface area contributed by atoms with E-state index in [1.807, 2.05) is 54.6 Å². The summed E-state index contributed by atoms with van der Waals surface area (Å²) in [6, 6.07) is 18.8. The summed E-state index contributed by atoms with van der Waals surface area (Å²) in [4.78, 5) is 16.7. The number of pyridine rings is 1. The number of anilines is 1. The number of carbonyl (C=O) groups is 1. The molecule has 0 radical (unpaired) electrons. The van der Waals surface area contributed by atoms with Crippen molar-refractivity contribution in [3.63, 3.8) is 0 Å². The molecule has 0 spiro atoms. The molecule has 0 saturated heterocycles. The predicted molar refractivity (Wildman–Crippen MR) is 93.8 cm³/mol. The molecule has 4 aromatic rings. The van der Waals surface area contributed by atoms with Crippen LogP contribution >= 0.6 is 0 Å². The molecule has 0 fully saturated rings. The fourth-order valence-electron chi connectivity index (χ4n) is 2.70. The minimum absolute atomic E-state index is 0.195. The molecule has 0 aliphatic heterocycles. The maximum Gasteiger partial charge on any atom is 0.259 e. The van der Waals surface area contributed by atoms with Gasteiger partial charge in [0, 0.05) is 34.6 Å². The van der Waals surface area contributed by atoms with Crippen molar-refractivity contribution in [2.45, 2.75) is 0 Å². The van der Waals surface area contributed by atoms with Gasteiger partial charge in [-0.1, -0.05) is 36.4 Å². The molecule has 0 saturated carbocycles. The summed E-state index contributed by atoms with van der Waals surface area (Å²) in [5.41, 5.74) is 3.71. The lowest BCUT2D eigenvalue weighted by atomic mass is 10.0. The van der Waals surface area contributed by atoms with Crippen LogP contribution in [0.25, 0.3) is 22.1 Å². The summed E-state index contributed by atoms with van der Waals surface area (Å²) in [6.07, 6.45) is 5.17. The molecule has 24 heavy (non-hydrogen) atoms. The van der Waals surface area contributed by atoms with Gasteiger partial charge in [0.15, 0.2) is 0 Å². The highest BCUT2D eigenvalue weighted by molar-refractivity contribution is 6.13. The summed E-state index contributed by atoms with van der Waals surface area (Å²) in [6.45, 7) is 0. The van der Waals surface area contributed by atoms with Gasteiger partial charge in [0.05, 0.1) is 11.8 Å². The third-order valence-corrected chi connectivity index (χ3v) is 3.85. The number of para-hydroxylation sites is 2. The van der Waals surface area contributed by atoms with E-state index in [9.17, 15) is 4.79 Å². The average molecular weight is 314 g/mol. The maximum atomic E-state index is 12.6. The van der Waals surface area contributed by atoms with E-state index in [1.165, 1.54) is 0 Å². The number of fused-ring (bicyclic) bond motifs is 1. The van der Waals surface area contributed by atoms with Gasteiger partial charge in [-0.15, -0.1) is 0 Å². The van der Waals surface area contributed by atoms with Crippen LogP contribution in [-0.2, 0) is 0 Å². The Morgan fingerprint density at radius 2 is 1.83 bits per heavy atom. The van der Waals surface area contributed by atoms with Gasteiger partial charge in [-0.3, -0.25) is 9.78 Å². The molecule has 1 N–H and O–H groups in total. The first-order chi connectivity index (χ1) is 11.8. The SMILES string of the molecule is O=C(Nc1ccccc1)c1cccc2c(-c3cccnc3)coc12. The van der Waals surface area contributed by atoms with Crippen LogP contribution in [0.2, 0.25) is 0 Å². The zero-order valence-corrected chi connectivity index (χ0v) is 12.8. The van der Waals surface area contributed by atoms with E-state index >= 15 is 0 Å². The first-order valence-corrected chi connectivity index (χ1v) is 7.60. The molecule has 0 aliphatic rings. The highest BCUT2D eigenvalue weighted by atomic mass is 16.3. The number of carbonyl (C=O) groups excluding carboxylic acids is 1. The summed E-state index contributed by atoms with van der Waals surface area (Å²) in [5, 5.41) is 3.78. The second-order valence-corrected chi connectivity index (χ2v) is 5.39. The van der Waals surface area contributed by atoms with Crippen molar-refractivity contribution < 1.29 is 9.21 Å². The minimum atomic E-state index is -0.195. The van der Waals surface area contributed by atoms with Crippen molar-refractivity contribution >= 4 is 22.6 Å². The molecule has 0 unspecified atom stereocenters. The van der Waals surface area contributed by atoms with Gasteiger partial charge >= 0.3 is 0 Å². The fraction of sp³-hybridized carbons (Fsp3) is 0. The molecule has 0 aliphatic carbocycles. The monoisotopic (exact) mass is 314 g/mol. The molecule has 0 atom stereocenters. The van der Waals surface area contributed by atoms with Crippen LogP contribution in [-0.4, -0.2) is 10.9 Å². The highest BCUT2D eigenvalue weighted by Gasteiger charge is 2.16. The molecule has 4 rings (SSSR count). The zero-order chi connectivity index (χ0) is 16.4. The molecular formula is C20H14N2O2. The number of rotatable bonds is 3. The smallest absolute Gasteiger partial charge is 0.259 e. The topological polar surface area (TPSA) is 55.1 Å². The first-order valence-electron chi connectivity index (χ1n) is 7.60. The number of hydrogen-bond donors (Lipinski definition) is 1. The summed E-state index contributed by atoms with van der Waals surface area (Å²) in [7, 11) is 0. The Morgan fingerprint density at radius 1 is 0.958 bits per heavy atom. The van der Waals surface area contributed by atoms with Gasteiger partial charge in [0.25, 0.3) is 5.91 Å². The van der Waals surface area contributed by atoms with Crippen molar-refractivity contribution in [3.05, 3.63) is 84.9 Å². The number of aromatic nitrogens is 1. The van der Waals surface area contributed by atoms with Crippen molar-refractivity contribution in [3.8, 4) is 11.1 Å². The third kappa shape index (κ3) is 2.54. The van der Waals surface area contributed by atoms with Crippen molar-refractivity contribution in [2.75, 3.05) is 5.32 Å². The van der Waals surface area contributed by atoms with Crippen molar-refractivity contribution in [1.29, 1.82) is 0 Å². The molecular weight excluding hydrogens is 300 g/mol. The summed E-state index contributed by atoms with van der Waals surface area (Å²) < 4.78 is 5.70. The van der Waals surface area contributed by atoms with E-state index in [-0.39, 0.29) is 5.91 Å². The van der Waals surface area contributed by atoms with Crippen LogP contribution in [0.5, 0.6) is 0 Å². The number of amides is 1. The first kappa shape index (κ1) is 14.2. The molecule has 2 heterocycles. The van der Waals surface area contributed by atoms with E-state index in [0.717, 1.165) is 22.2 Å². The average Bonchev–Trinajstić information content (AvgIpc) is 3.07. The molecule has 2 aromatic carbocycles. The Kier molecular flexibility index (Phi) is 3.56. The van der Waals surface area contributed by atoms with Crippen LogP contribution in [0.4, 0.5) is 5.69 Å². The lowest BCUT2D eigenvalue weighted by Crippen LogP contribution is -2.11. The number of furan rings is 1. The quantitative estimate of drug-likeness (QED) is 0.594. The van der Waals surface area contributed by atoms with Gasteiger partial charge in [0.2, 0.25) is 0 Å². The van der Waals surface area contributed by atoms with Gasteiger partial charge in [0.1, 0.15) is 5.58 Å². The van der Waals surface area contributed by atoms with E-state index in [4.69, 9.17) is 4.42 Å². The highest BCUT2D eigenvalue weighted by Crippen LogP contribution is 2.32. The van der Waals surface area contributed by atoms with Crippen LogP contribution in [0.1, 0.15) is 10.4 Å². The molecule has 0 bridgehead atoms. The fourth-order valence-corrected chi connectivity index (χ4v) is 2.70. The maximum absolute atomic E-state index is 12.6. The Labute approximate surface area is 138 Å². The standard InChI is InChI=1S/C20H14N2O2/c23-20(22-15-7-2-1-3-8-15)17-10-4-9-16-18(13-24-19(16)17)14-6-5-11-21-12-14/h1-13H,(H,22,23). The molecule has 4 nitrogen and oxygen atoms in total. The van der Waals surface area contributed by atoms with Crippen LogP contribution < -0.4 is 5.32 Å². The second-order valence-electron chi connectivity index (χ2n) is 5.39. The number of benzene rings is 2. The Balaban J connectivity index is 1.75. The van der Waals surface area contributed by atoms with Gasteiger partial charge < -0.3 is 9.73 Å². The predicted octanol–water partition coefficient (Wildman–Crippen LogP) is 4.75. The van der Waals surface area contributed by atoms with Gasteiger partial charge in [-0.25, -0.2) is 0 Å². The third-order valence-electron chi connectivity index (χ3n) is 3.85. The van der Waals surface area contributed by atoms with Crippen LogP contribution in [0.15, 0.2) is 83.7 Å². The van der Waals surface area contributed by atoms with Crippen molar-refractivity contribution in [1.82, 2.24) is 4.98 Å². The largest absolute Gasteiger partial charge is 0.463 e. The molecule has 1 amide bonds. The van der Waals surface area contributed by atoms with E-state index in [1.54, 1.807) is 24.7 Å².